The molecule has 0 spiro atoms. The van der Waals surface area contributed by atoms with Gasteiger partial charge in [-0.15, -0.1) is 0 Å². The van der Waals surface area contributed by atoms with E-state index in [4.69, 9.17) is 4.74 Å². The summed E-state index contributed by atoms with van der Waals surface area (Å²) in [6.07, 6.45) is 3.79. The molecule has 2 aromatic rings. The summed E-state index contributed by atoms with van der Waals surface area (Å²) in [7, 11) is 3.74. The van der Waals surface area contributed by atoms with Crippen molar-refractivity contribution < 1.29 is 4.74 Å². The van der Waals surface area contributed by atoms with Crippen molar-refractivity contribution in [3.8, 4) is 0 Å². The molecule has 0 aliphatic rings. The van der Waals surface area contributed by atoms with Crippen molar-refractivity contribution in [1.82, 2.24) is 14.9 Å². The normalized spacial score (nSPS) is 12.6. The summed E-state index contributed by atoms with van der Waals surface area (Å²) in [6.45, 7) is 3.59. The molecular weight excluding hydrogens is 238 g/mol. The Morgan fingerprint density at radius 1 is 1.32 bits per heavy atom. The van der Waals surface area contributed by atoms with Crippen molar-refractivity contribution in [2.24, 2.45) is 7.05 Å². The molecule has 0 amide bonds. The number of nitrogens with one attached hydrogen (secondary N) is 1. The predicted molar refractivity (Wildman–Crippen MR) is 75.6 cm³/mol. The number of rotatable bonds is 6. The number of aromatic nitrogens is 2. The third-order valence-corrected chi connectivity index (χ3v) is 3.26. The molecule has 102 valence electrons. The first-order chi connectivity index (χ1) is 9.22. The summed E-state index contributed by atoms with van der Waals surface area (Å²) >= 11 is 0. The van der Waals surface area contributed by atoms with Crippen LogP contribution in [0.2, 0.25) is 0 Å². The Labute approximate surface area is 114 Å². The van der Waals surface area contributed by atoms with Gasteiger partial charge in [0.25, 0.3) is 0 Å². The van der Waals surface area contributed by atoms with E-state index in [-0.39, 0.29) is 6.04 Å². The Balaban J connectivity index is 2.01. The van der Waals surface area contributed by atoms with Gasteiger partial charge in [-0.2, -0.15) is 0 Å². The van der Waals surface area contributed by atoms with Crippen LogP contribution < -0.4 is 5.32 Å². The Kier molecular flexibility index (Phi) is 4.71. The minimum Gasteiger partial charge on any atom is -0.380 e. The Bertz CT molecular complexity index is 522. The van der Waals surface area contributed by atoms with Crippen molar-refractivity contribution in [1.29, 1.82) is 0 Å². The van der Waals surface area contributed by atoms with Gasteiger partial charge in [0.2, 0.25) is 0 Å². The fourth-order valence-electron chi connectivity index (χ4n) is 2.17. The highest BCUT2D eigenvalue weighted by Crippen LogP contribution is 2.13. The molecule has 0 saturated carbocycles. The van der Waals surface area contributed by atoms with Crippen LogP contribution in [-0.2, 0) is 24.9 Å². The van der Waals surface area contributed by atoms with Crippen molar-refractivity contribution >= 4 is 0 Å². The largest absolute Gasteiger partial charge is 0.380 e. The topological polar surface area (TPSA) is 39.1 Å². The lowest BCUT2D eigenvalue weighted by Gasteiger charge is -2.15. The number of methoxy groups -OCH3 is 1. The van der Waals surface area contributed by atoms with E-state index in [0.29, 0.717) is 6.61 Å². The average molecular weight is 259 g/mol. The summed E-state index contributed by atoms with van der Waals surface area (Å²) in [4.78, 5) is 4.36. The zero-order valence-corrected chi connectivity index (χ0v) is 11.8. The fraction of sp³-hybridized carbons (Fsp3) is 0.400. The summed E-state index contributed by atoms with van der Waals surface area (Å²) in [5.41, 5.74) is 2.50. The first-order valence-electron chi connectivity index (χ1n) is 6.48. The van der Waals surface area contributed by atoms with E-state index in [1.807, 2.05) is 30.1 Å². The van der Waals surface area contributed by atoms with Gasteiger partial charge >= 0.3 is 0 Å². The van der Waals surface area contributed by atoms with Gasteiger partial charge in [-0.1, -0.05) is 24.3 Å². The highest BCUT2D eigenvalue weighted by Gasteiger charge is 2.10. The Hall–Kier alpha value is -1.65. The Morgan fingerprint density at radius 2 is 2.05 bits per heavy atom. The van der Waals surface area contributed by atoms with Gasteiger partial charge in [0.15, 0.2) is 0 Å². The van der Waals surface area contributed by atoms with Crippen molar-refractivity contribution in [3.63, 3.8) is 0 Å². The van der Waals surface area contributed by atoms with Crippen LogP contribution in [-0.4, -0.2) is 16.7 Å². The second kappa shape index (κ2) is 6.50. The lowest BCUT2D eigenvalue weighted by Crippen LogP contribution is -2.21. The molecule has 19 heavy (non-hydrogen) atoms. The first kappa shape index (κ1) is 13.8. The monoisotopic (exact) mass is 259 g/mol. The molecule has 0 saturated heterocycles. The van der Waals surface area contributed by atoms with Gasteiger partial charge in [0.05, 0.1) is 12.6 Å². The minimum absolute atomic E-state index is 0.218. The lowest BCUT2D eigenvalue weighted by molar-refractivity contribution is 0.184. The van der Waals surface area contributed by atoms with Crippen LogP contribution in [0, 0.1) is 0 Å². The molecule has 1 heterocycles. The number of imidazole rings is 1. The summed E-state index contributed by atoms with van der Waals surface area (Å²) in [5.74, 6) is 1.05. The van der Waals surface area contributed by atoms with E-state index in [1.54, 1.807) is 7.11 Å². The number of nitrogens with zero attached hydrogens (tertiary/aromatic N) is 2. The molecule has 0 bridgehead atoms. The van der Waals surface area contributed by atoms with E-state index in [2.05, 4.69) is 35.4 Å². The third-order valence-electron chi connectivity index (χ3n) is 3.26. The molecule has 0 radical (unpaired) electrons. The lowest BCUT2D eigenvalue weighted by atomic mass is 10.1. The summed E-state index contributed by atoms with van der Waals surface area (Å²) < 4.78 is 7.26. The molecule has 0 aliphatic carbocycles. The molecule has 0 aliphatic heterocycles. The Morgan fingerprint density at radius 3 is 2.68 bits per heavy atom. The maximum Gasteiger partial charge on any atom is 0.125 e. The highest BCUT2D eigenvalue weighted by molar-refractivity contribution is 5.26. The van der Waals surface area contributed by atoms with Crippen LogP contribution in [0.25, 0.3) is 0 Å². The van der Waals surface area contributed by atoms with Crippen LogP contribution in [0.15, 0.2) is 36.7 Å². The molecule has 2 rings (SSSR count). The molecule has 1 unspecified atom stereocenters. The maximum atomic E-state index is 5.22. The maximum absolute atomic E-state index is 5.22. The minimum atomic E-state index is 0.218. The number of hydrogen-bond donors (Lipinski definition) is 1. The zero-order valence-electron chi connectivity index (χ0n) is 11.8. The molecule has 4 nitrogen and oxygen atoms in total. The summed E-state index contributed by atoms with van der Waals surface area (Å²) in [6, 6.07) is 8.55. The van der Waals surface area contributed by atoms with Crippen LogP contribution in [0.5, 0.6) is 0 Å². The second-order valence-electron chi connectivity index (χ2n) is 4.70. The van der Waals surface area contributed by atoms with Gasteiger partial charge in [0, 0.05) is 33.1 Å². The van der Waals surface area contributed by atoms with Crippen molar-refractivity contribution in [2.45, 2.75) is 26.1 Å². The van der Waals surface area contributed by atoms with E-state index >= 15 is 0 Å². The van der Waals surface area contributed by atoms with Gasteiger partial charge in [-0.05, 0) is 18.1 Å². The molecule has 1 N–H and O–H groups in total. The highest BCUT2D eigenvalue weighted by atomic mass is 16.5. The van der Waals surface area contributed by atoms with Crippen molar-refractivity contribution in [3.05, 3.63) is 53.6 Å². The van der Waals surface area contributed by atoms with Crippen LogP contribution in [0.4, 0.5) is 0 Å². The van der Waals surface area contributed by atoms with Crippen LogP contribution >= 0.6 is 0 Å². The standard InChI is InChI=1S/C15H21N3O/c1-12(15-16-8-9-18(15)2)17-10-13-6-4-5-7-14(13)11-19-3/h4-9,12,17H,10-11H2,1-3H3. The van der Waals surface area contributed by atoms with E-state index in [9.17, 15) is 0 Å². The molecule has 4 heteroatoms. The third kappa shape index (κ3) is 3.43. The fourth-order valence-corrected chi connectivity index (χ4v) is 2.17. The van der Waals surface area contributed by atoms with E-state index < -0.39 is 0 Å². The molecule has 1 atom stereocenters. The smallest absolute Gasteiger partial charge is 0.125 e. The SMILES string of the molecule is COCc1ccccc1CNC(C)c1nccn1C. The average Bonchev–Trinajstić information content (AvgIpc) is 2.84. The van der Waals surface area contributed by atoms with Gasteiger partial charge < -0.3 is 14.6 Å². The second-order valence-corrected chi connectivity index (χ2v) is 4.70. The molecule has 1 aromatic carbocycles. The van der Waals surface area contributed by atoms with Crippen molar-refractivity contribution in [2.75, 3.05) is 7.11 Å². The number of ether oxygens (including phenoxy) is 1. The summed E-state index contributed by atoms with van der Waals surface area (Å²) in [5, 5.41) is 3.50. The quantitative estimate of drug-likeness (QED) is 0.866. The van der Waals surface area contributed by atoms with E-state index in [0.717, 1.165) is 12.4 Å². The number of benzene rings is 1. The van der Waals surface area contributed by atoms with Gasteiger partial charge in [-0.25, -0.2) is 4.98 Å². The van der Waals surface area contributed by atoms with Crippen LogP contribution in [0.1, 0.15) is 29.9 Å². The molecular formula is C15H21N3O. The molecule has 0 fully saturated rings. The molecule has 1 aromatic heterocycles. The van der Waals surface area contributed by atoms with Gasteiger partial charge in [-0.3, -0.25) is 0 Å². The predicted octanol–water partition coefficient (Wildman–Crippen LogP) is 2.42. The number of hydrogen-bond acceptors (Lipinski definition) is 3. The van der Waals surface area contributed by atoms with Gasteiger partial charge in [0.1, 0.15) is 5.82 Å². The first-order valence-corrected chi connectivity index (χ1v) is 6.48. The van der Waals surface area contributed by atoms with Crippen LogP contribution in [0.3, 0.4) is 0 Å². The zero-order chi connectivity index (χ0) is 13.7. The number of aryl methyl sites for hydroxylation is 1. The van der Waals surface area contributed by atoms with E-state index in [1.165, 1.54) is 11.1 Å².